The van der Waals surface area contributed by atoms with Gasteiger partial charge in [0.15, 0.2) is 0 Å². The van der Waals surface area contributed by atoms with Crippen LogP contribution < -0.4 is 16.0 Å². The van der Waals surface area contributed by atoms with Crippen LogP contribution in [0, 0.1) is 0 Å². The molecule has 0 saturated carbocycles. The van der Waals surface area contributed by atoms with Crippen LogP contribution in [0.3, 0.4) is 0 Å². The summed E-state index contributed by atoms with van der Waals surface area (Å²) < 4.78 is 0. The van der Waals surface area contributed by atoms with Crippen molar-refractivity contribution in [2.45, 2.75) is 38.8 Å². The van der Waals surface area contributed by atoms with E-state index < -0.39 is 0 Å². The molecule has 1 saturated heterocycles. The maximum atomic E-state index is 11.0. The summed E-state index contributed by atoms with van der Waals surface area (Å²) in [5.41, 5.74) is 6.87. The number of carbonyl (C=O) groups excluding carboxylic acids is 1. The Balaban J connectivity index is 1.92. The second-order valence-corrected chi connectivity index (χ2v) is 5.20. The molecular weight excluding hydrogens is 240 g/mol. The third kappa shape index (κ3) is 3.67. The van der Waals surface area contributed by atoms with Gasteiger partial charge < -0.3 is 16.0 Å². The van der Waals surface area contributed by atoms with Crippen LogP contribution in [-0.4, -0.2) is 30.0 Å². The topological polar surface area (TPSA) is 71.2 Å². The molecule has 1 amide bonds. The first-order valence-corrected chi connectivity index (χ1v) is 6.80. The molecule has 5 heteroatoms. The molecule has 1 aromatic rings. The standard InChI is InChI=1S/C14H22N4O/c1-10(15)12-3-4-14(16-9-12)18-7-5-13(6-8-18)17-11(2)19/h3-4,9-10,13H,5-8,15H2,1-2H3,(H,17,19)/t10-/m1/s1. The summed E-state index contributed by atoms with van der Waals surface area (Å²) in [4.78, 5) is 17.7. The summed E-state index contributed by atoms with van der Waals surface area (Å²) >= 11 is 0. The number of nitrogens with two attached hydrogens (primary N) is 1. The SMILES string of the molecule is CC(=O)NC1CCN(c2ccc([C@@H](C)N)cn2)CC1. The van der Waals surface area contributed by atoms with Gasteiger partial charge in [-0.05, 0) is 31.4 Å². The van der Waals surface area contributed by atoms with E-state index in [1.54, 1.807) is 6.92 Å². The molecule has 0 unspecified atom stereocenters. The molecule has 104 valence electrons. The second kappa shape index (κ2) is 6.02. The third-order valence-corrected chi connectivity index (χ3v) is 3.52. The van der Waals surface area contributed by atoms with Gasteiger partial charge in [-0.1, -0.05) is 6.07 Å². The molecule has 1 aromatic heterocycles. The van der Waals surface area contributed by atoms with Gasteiger partial charge in [-0.2, -0.15) is 0 Å². The summed E-state index contributed by atoms with van der Waals surface area (Å²) in [6, 6.07) is 4.38. The fourth-order valence-corrected chi connectivity index (χ4v) is 2.39. The van der Waals surface area contributed by atoms with Crippen molar-refractivity contribution in [3.63, 3.8) is 0 Å². The largest absolute Gasteiger partial charge is 0.356 e. The zero-order valence-electron chi connectivity index (χ0n) is 11.6. The van der Waals surface area contributed by atoms with Gasteiger partial charge in [0.2, 0.25) is 5.91 Å². The molecule has 0 bridgehead atoms. The number of amides is 1. The molecule has 5 nitrogen and oxygen atoms in total. The predicted molar refractivity (Wildman–Crippen MR) is 75.9 cm³/mol. The van der Waals surface area contributed by atoms with Crippen molar-refractivity contribution in [2.24, 2.45) is 5.73 Å². The van der Waals surface area contributed by atoms with E-state index in [0.29, 0.717) is 6.04 Å². The van der Waals surface area contributed by atoms with E-state index in [9.17, 15) is 4.79 Å². The molecule has 2 rings (SSSR count). The van der Waals surface area contributed by atoms with E-state index in [2.05, 4.69) is 15.2 Å². The average molecular weight is 262 g/mol. The predicted octanol–water partition coefficient (Wildman–Crippen LogP) is 1.21. The van der Waals surface area contributed by atoms with Crippen molar-refractivity contribution < 1.29 is 4.79 Å². The average Bonchev–Trinajstić information content (AvgIpc) is 2.39. The summed E-state index contributed by atoms with van der Waals surface area (Å²) in [5, 5.41) is 2.98. The molecule has 0 aromatic carbocycles. The van der Waals surface area contributed by atoms with Crippen molar-refractivity contribution in [1.82, 2.24) is 10.3 Å². The monoisotopic (exact) mass is 262 g/mol. The van der Waals surface area contributed by atoms with Crippen molar-refractivity contribution in [1.29, 1.82) is 0 Å². The van der Waals surface area contributed by atoms with Gasteiger partial charge in [0.05, 0.1) is 0 Å². The van der Waals surface area contributed by atoms with E-state index in [-0.39, 0.29) is 11.9 Å². The normalized spacial score (nSPS) is 18.2. The van der Waals surface area contributed by atoms with Crippen LogP contribution in [0.2, 0.25) is 0 Å². The highest BCUT2D eigenvalue weighted by molar-refractivity contribution is 5.73. The van der Waals surface area contributed by atoms with Crippen molar-refractivity contribution >= 4 is 11.7 Å². The van der Waals surface area contributed by atoms with Gasteiger partial charge in [-0.3, -0.25) is 4.79 Å². The Morgan fingerprint density at radius 3 is 2.63 bits per heavy atom. The number of nitrogens with one attached hydrogen (secondary N) is 1. The number of piperidine rings is 1. The molecular formula is C14H22N4O. The lowest BCUT2D eigenvalue weighted by Crippen LogP contribution is -2.44. The van der Waals surface area contributed by atoms with Gasteiger partial charge >= 0.3 is 0 Å². The highest BCUT2D eigenvalue weighted by Crippen LogP contribution is 2.19. The van der Waals surface area contributed by atoms with Crippen molar-refractivity contribution in [2.75, 3.05) is 18.0 Å². The Labute approximate surface area is 114 Å². The lowest BCUT2D eigenvalue weighted by atomic mass is 10.0. The number of carbonyl (C=O) groups is 1. The number of hydrogen-bond acceptors (Lipinski definition) is 4. The zero-order valence-corrected chi connectivity index (χ0v) is 11.6. The van der Waals surface area contributed by atoms with Gasteiger partial charge in [0.1, 0.15) is 5.82 Å². The molecule has 2 heterocycles. The lowest BCUT2D eigenvalue weighted by molar-refractivity contribution is -0.119. The Morgan fingerprint density at radius 1 is 1.47 bits per heavy atom. The Hall–Kier alpha value is -1.62. The summed E-state index contributed by atoms with van der Waals surface area (Å²) in [6.07, 6.45) is 3.78. The molecule has 19 heavy (non-hydrogen) atoms. The number of pyridine rings is 1. The van der Waals surface area contributed by atoms with Crippen LogP contribution >= 0.6 is 0 Å². The molecule has 1 aliphatic rings. The van der Waals surface area contributed by atoms with Gasteiger partial charge in [0, 0.05) is 38.3 Å². The first-order chi connectivity index (χ1) is 9.06. The number of rotatable bonds is 3. The quantitative estimate of drug-likeness (QED) is 0.859. The first kappa shape index (κ1) is 13.8. The fourth-order valence-electron chi connectivity index (χ4n) is 2.39. The van der Waals surface area contributed by atoms with Gasteiger partial charge in [-0.15, -0.1) is 0 Å². The number of anilines is 1. The lowest BCUT2D eigenvalue weighted by Gasteiger charge is -2.33. The van der Waals surface area contributed by atoms with Crippen LogP contribution in [0.25, 0.3) is 0 Å². The molecule has 1 atom stereocenters. The second-order valence-electron chi connectivity index (χ2n) is 5.20. The molecule has 0 spiro atoms. The minimum Gasteiger partial charge on any atom is -0.356 e. The molecule has 0 radical (unpaired) electrons. The van der Waals surface area contributed by atoms with Gasteiger partial charge in [0.25, 0.3) is 0 Å². The Bertz CT molecular complexity index is 422. The van der Waals surface area contributed by atoms with Crippen molar-refractivity contribution in [3.05, 3.63) is 23.9 Å². The van der Waals surface area contributed by atoms with Gasteiger partial charge in [-0.25, -0.2) is 4.98 Å². The molecule has 0 aliphatic carbocycles. The summed E-state index contributed by atoms with van der Waals surface area (Å²) in [7, 11) is 0. The van der Waals surface area contributed by atoms with E-state index in [1.165, 1.54) is 0 Å². The van der Waals surface area contributed by atoms with Crippen LogP contribution in [0.4, 0.5) is 5.82 Å². The zero-order chi connectivity index (χ0) is 13.8. The maximum Gasteiger partial charge on any atom is 0.217 e. The van der Waals surface area contributed by atoms with Crippen molar-refractivity contribution in [3.8, 4) is 0 Å². The Kier molecular flexibility index (Phi) is 4.37. The molecule has 1 aliphatic heterocycles. The van der Waals surface area contributed by atoms with Crippen LogP contribution in [0.5, 0.6) is 0 Å². The highest BCUT2D eigenvalue weighted by Gasteiger charge is 2.20. The number of aromatic nitrogens is 1. The number of nitrogens with zero attached hydrogens (tertiary/aromatic N) is 2. The smallest absolute Gasteiger partial charge is 0.217 e. The summed E-state index contributed by atoms with van der Waals surface area (Å²) in [5.74, 6) is 1.04. The molecule has 1 fully saturated rings. The van der Waals surface area contributed by atoms with E-state index in [4.69, 9.17) is 5.73 Å². The fraction of sp³-hybridized carbons (Fsp3) is 0.571. The maximum absolute atomic E-state index is 11.0. The minimum absolute atomic E-state index is 0.0204. The number of hydrogen-bond donors (Lipinski definition) is 2. The van der Waals surface area contributed by atoms with Crippen LogP contribution in [-0.2, 0) is 4.79 Å². The van der Waals surface area contributed by atoms with Crippen LogP contribution in [0.1, 0.15) is 38.3 Å². The summed E-state index contributed by atoms with van der Waals surface area (Å²) in [6.45, 7) is 5.38. The van der Waals surface area contributed by atoms with Crippen LogP contribution in [0.15, 0.2) is 18.3 Å². The van der Waals surface area contributed by atoms with E-state index in [1.807, 2.05) is 25.3 Å². The minimum atomic E-state index is 0.0204. The Morgan fingerprint density at radius 2 is 2.16 bits per heavy atom. The molecule has 3 N–H and O–H groups in total. The first-order valence-electron chi connectivity index (χ1n) is 6.80. The third-order valence-electron chi connectivity index (χ3n) is 3.52. The van der Waals surface area contributed by atoms with E-state index >= 15 is 0 Å². The highest BCUT2D eigenvalue weighted by atomic mass is 16.1. The van der Waals surface area contributed by atoms with E-state index in [0.717, 1.165) is 37.3 Å².